The van der Waals surface area contributed by atoms with Crippen LogP contribution in [0.2, 0.25) is 5.02 Å². The molecule has 0 radical (unpaired) electrons. The third kappa shape index (κ3) is 3.65. The predicted octanol–water partition coefficient (Wildman–Crippen LogP) is 3.29. The van der Waals surface area contributed by atoms with Crippen molar-refractivity contribution in [3.8, 4) is 11.5 Å². The molecule has 0 bridgehead atoms. The van der Waals surface area contributed by atoms with E-state index in [0.29, 0.717) is 16.3 Å². The summed E-state index contributed by atoms with van der Waals surface area (Å²) in [7, 11) is 0. The van der Waals surface area contributed by atoms with E-state index in [2.05, 4.69) is 0 Å². The van der Waals surface area contributed by atoms with Crippen LogP contribution in [0.4, 0.5) is 0 Å². The minimum Gasteiger partial charge on any atom is -0.508 e. The Morgan fingerprint density at radius 2 is 1.90 bits per heavy atom. The molecular formula is C15H13ClO4. The van der Waals surface area contributed by atoms with Crippen molar-refractivity contribution in [3.05, 3.63) is 59.1 Å². The lowest BCUT2D eigenvalue weighted by atomic mass is 10.00. The molecule has 20 heavy (non-hydrogen) atoms. The molecule has 104 valence electrons. The smallest absolute Gasteiger partial charge is 0.314 e. The summed E-state index contributed by atoms with van der Waals surface area (Å²) in [5.41, 5.74) is 0.492. The van der Waals surface area contributed by atoms with Crippen LogP contribution in [0.3, 0.4) is 0 Å². The van der Waals surface area contributed by atoms with E-state index in [9.17, 15) is 15.0 Å². The van der Waals surface area contributed by atoms with Crippen LogP contribution in [0, 0.1) is 0 Å². The SMILES string of the molecule is O=C(O)C(COc1ccc(Cl)cc1)c1cccc(O)c1. The molecule has 2 N–H and O–H groups in total. The largest absolute Gasteiger partial charge is 0.508 e. The van der Waals surface area contributed by atoms with Crippen LogP contribution in [-0.2, 0) is 4.79 Å². The second kappa shape index (κ2) is 6.30. The fourth-order valence-corrected chi connectivity index (χ4v) is 1.89. The molecule has 0 amide bonds. The van der Waals surface area contributed by atoms with E-state index < -0.39 is 11.9 Å². The van der Waals surface area contributed by atoms with Crippen molar-refractivity contribution in [1.82, 2.24) is 0 Å². The molecule has 0 saturated carbocycles. The molecule has 0 fully saturated rings. The standard InChI is InChI=1S/C15H13ClO4/c16-11-4-6-13(7-5-11)20-9-14(15(18)19)10-2-1-3-12(17)8-10/h1-8,14,17H,9H2,(H,18,19). The Bertz CT molecular complexity index is 595. The summed E-state index contributed by atoms with van der Waals surface area (Å²) in [4.78, 5) is 11.3. The van der Waals surface area contributed by atoms with Gasteiger partial charge in [0.2, 0.25) is 0 Å². The van der Waals surface area contributed by atoms with Gasteiger partial charge < -0.3 is 14.9 Å². The summed E-state index contributed by atoms with van der Waals surface area (Å²) in [6.07, 6.45) is 0. The number of ether oxygens (including phenoxy) is 1. The number of phenols is 1. The van der Waals surface area contributed by atoms with Crippen LogP contribution in [0.5, 0.6) is 11.5 Å². The summed E-state index contributed by atoms with van der Waals surface area (Å²) in [6, 6.07) is 12.8. The minimum absolute atomic E-state index is 0.0274. The van der Waals surface area contributed by atoms with Crippen LogP contribution in [-0.4, -0.2) is 22.8 Å². The van der Waals surface area contributed by atoms with Crippen molar-refractivity contribution < 1.29 is 19.7 Å². The first-order valence-electron chi connectivity index (χ1n) is 5.96. The molecular weight excluding hydrogens is 280 g/mol. The second-order valence-corrected chi connectivity index (χ2v) is 4.69. The van der Waals surface area contributed by atoms with Gasteiger partial charge in [-0.15, -0.1) is 0 Å². The maximum Gasteiger partial charge on any atom is 0.314 e. The summed E-state index contributed by atoms with van der Waals surface area (Å²) in [5, 5.41) is 19.3. The van der Waals surface area contributed by atoms with Gasteiger partial charge in [-0.3, -0.25) is 4.79 Å². The predicted molar refractivity (Wildman–Crippen MR) is 75.4 cm³/mol. The third-order valence-corrected chi connectivity index (χ3v) is 3.05. The highest BCUT2D eigenvalue weighted by Crippen LogP contribution is 2.23. The Labute approximate surface area is 121 Å². The van der Waals surface area contributed by atoms with Crippen LogP contribution >= 0.6 is 11.6 Å². The summed E-state index contributed by atoms with van der Waals surface area (Å²) >= 11 is 5.76. The quantitative estimate of drug-likeness (QED) is 0.887. The number of aliphatic carboxylic acids is 1. The Morgan fingerprint density at radius 3 is 2.50 bits per heavy atom. The van der Waals surface area contributed by atoms with Crippen LogP contribution in [0.15, 0.2) is 48.5 Å². The van der Waals surface area contributed by atoms with Gasteiger partial charge in [0.1, 0.15) is 24.0 Å². The van der Waals surface area contributed by atoms with E-state index in [0.717, 1.165) is 0 Å². The molecule has 1 unspecified atom stereocenters. The van der Waals surface area contributed by atoms with Crippen molar-refractivity contribution in [1.29, 1.82) is 0 Å². The molecule has 2 aromatic carbocycles. The van der Waals surface area contributed by atoms with E-state index in [1.54, 1.807) is 36.4 Å². The number of carbonyl (C=O) groups is 1. The Hall–Kier alpha value is -2.20. The molecule has 0 aromatic heterocycles. The van der Waals surface area contributed by atoms with Gasteiger partial charge in [-0.2, -0.15) is 0 Å². The van der Waals surface area contributed by atoms with Crippen molar-refractivity contribution >= 4 is 17.6 Å². The number of carboxylic acid groups (broad SMARTS) is 1. The average Bonchev–Trinajstić information content (AvgIpc) is 2.41. The highest BCUT2D eigenvalue weighted by atomic mass is 35.5. The maximum atomic E-state index is 11.3. The van der Waals surface area contributed by atoms with Gasteiger partial charge in [0.15, 0.2) is 0 Å². The first-order valence-corrected chi connectivity index (χ1v) is 6.34. The highest BCUT2D eigenvalue weighted by Gasteiger charge is 2.21. The summed E-state index contributed by atoms with van der Waals surface area (Å²) < 4.78 is 5.46. The highest BCUT2D eigenvalue weighted by molar-refractivity contribution is 6.30. The Morgan fingerprint density at radius 1 is 1.20 bits per heavy atom. The van der Waals surface area contributed by atoms with Crippen molar-refractivity contribution in [2.45, 2.75) is 5.92 Å². The molecule has 2 aromatic rings. The molecule has 0 aliphatic heterocycles. The van der Waals surface area contributed by atoms with Gasteiger partial charge in [-0.1, -0.05) is 23.7 Å². The van der Waals surface area contributed by atoms with E-state index in [1.807, 2.05) is 0 Å². The number of rotatable bonds is 5. The van der Waals surface area contributed by atoms with Gasteiger partial charge in [0.05, 0.1) is 0 Å². The van der Waals surface area contributed by atoms with Crippen LogP contribution in [0.1, 0.15) is 11.5 Å². The van der Waals surface area contributed by atoms with Crippen LogP contribution in [0.25, 0.3) is 0 Å². The van der Waals surface area contributed by atoms with E-state index in [4.69, 9.17) is 16.3 Å². The fourth-order valence-electron chi connectivity index (χ4n) is 1.76. The maximum absolute atomic E-state index is 11.3. The van der Waals surface area contributed by atoms with Gasteiger partial charge in [0.25, 0.3) is 0 Å². The van der Waals surface area contributed by atoms with Crippen molar-refractivity contribution in [2.75, 3.05) is 6.61 Å². The molecule has 0 aliphatic rings. The van der Waals surface area contributed by atoms with E-state index >= 15 is 0 Å². The third-order valence-electron chi connectivity index (χ3n) is 2.80. The normalized spacial score (nSPS) is 11.8. The van der Waals surface area contributed by atoms with E-state index in [1.165, 1.54) is 12.1 Å². The molecule has 4 nitrogen and oxygen atoms in total. The number of benzene rings is 2. The van der Waals surface area contributed by atoms with Gasteiger partial charge in [-0.25, -0.2) is 0 Å². The van der Waals surface area contributed by atoms with Crippen LogP contribution < -0.4 is 4.74 Å². The first-order chi connectivity index (χ1) is 9.56. The van der Waals surface area contributed by atoms with Gasteiger partial charge >= 0.3 is 5.97 Å². The minimum atomic E-state index is -1.01. The lowest BCUT2D eigenvalue weighted by Crippen LogP contribution is -2.19. The van der Waals surface area contributed by atoms with Crippen molar-refractivity contribution in [2.24, 2.45) is 0 Å². The molecule has 0 heterocycles. The van der Waals surface area contributed by atoms with E-state index in [-0.39, 0.29) is 12.4 Å². The number of aromatic hydroxyl groups is 1. The fraction of sp³-hybridized carbons (Fsp3) is 0.133. The molecule has 2 rings (SSSR count). The Kier molecular flexibility index (Phi) is 4.48. The number of phenolic OH excluding ortho intramolecular Hbond substituents is 1. The molecule has 5 heteroatoms. The summed E-state index contributed by atoms with van der Waals surface area (Å²) in [5.74, 6) is -1.29. The number of hydrogen-bond donors (Lipinski definition) is 2. The number of halogens is 1. The lowest BCUT2D eigenvalue weighted by Gasteiger charge is -2.14. The monoisotopic (exact) mass is 292 g/mol. The van der Waals surface area contributed by atoms with Gasteiger partial charge in [-0.05, 0) is 42.0 Å². The van der Waals surface area contributed by atoms with Gasteiger partial charge in [0, 0.05) is 5.02 Å². The zero-order chi connectivity index (χ0) is 14.5. The molecule has 1 atom stereocenters. The first kappa shape index (κ1) is 14.2. The molecule has 0 saturated heterocycles. The second-order valence-electron chi connectivity index (χ2n) is 4.25. The zero-order valence-electron chi connectivity index (χ0n) is 10.5. The Balaban J connectivity index is 2.10. The number of hydrogen-bond acceptors (Lipinski definition) is 3. The average molecular weight is 293 g/mol. The van der Waals surface area contributed by atoms with Crippen molar-refractivity contribution in [3.63, 3.8) is 0 Å². The molecule has 0 aliphatic carbocycles. The summed E-state index contributed by atoms with van der Waals surface area (Å²) in [6.45, 7) is -0.0274. The topological polar surface area (TPSA) is 66.8 Å². The lowest BCUT2D eigenvalue weighted by molar-refractivity contribution is -0.139. The number of carboxylic acids is 1. The molecule has 0 spiro atoms. The zero-order valence-corrected chi connectivity index (χ0v) is 11.2.